The summed E-state index contributed by atoms with van der Waals surface area (Å²) in [6.07, 6.45) is 0.349. The van der Waals surface area contributed by atoms with E-state index in [4.69, 9.17) is 28.9 Å². The summed E-state index contributed by atoms with van der Waals surface area (Å²) in [6, 6.07) is 8.05. The fraction of sp³-hybridized carbons (Fsp3) is 0.143. The number of nitrogens with two attached hydrogens (primary N) is 1. The zero-order chi connectivity index (χ0) is 14.0. The maximum atomic E-state index is 13.3. The van der Waals surface area contributed by atoms with Gasteiger partial charge in [-0.2, -0.15) is 0 Å². The minimum Gasteiger partial charge on any atom is -0.324 e. The summed E-state index contributed by atoms with van der Waals surface area (Å²) in [5.74, 6) is -0.925. The fourth-order valence-corrected chi connectivity index (χ4v) is 2.35. The molecule has 0 spiro atoms. The highest BCUT2D eigenvalue weighted by atomic mass is 35.5. The molecule has 1 atom stereocenters. The monoisotopic (exact) mass is 301 g/mol. The van der Waals surface area contributed by atoms with Crippen LogP contribution >= 0.6 is 23.2 Å². The summed E-state index contributed by atoms with van der Waals surface area (Å²) < 4.78 is 26.3. The van der Waals surface area contributed by atoms with Gasteiger partial charge in [-0.25, -0.2) is 8.78 Å². The molecule has 2 aromatic carbocycles. The van der Waals surface area contributed by atoms with Crippen molar-refractivity contribution < 1.29 is 8.78 Å². The molecule has 0 saturated carbocycles. The third-order valence-corrected chi connectivity index (χ3v) is 3.59. The molecule has 0 bridgehead atoms. The summed E-state index contributed by atoms with van der Waals surface area (Å²) in [7, 11) is 0. The quantitative estimate of drug-likeness (QED) is 0.886. The van der Waals surface area contributed by atoms with E-state index in [9.17, 15) is 8.78 Å². The smallest absolute Gasteiger partial charge is 0.142 e. The number of rotatable bonds is 3. The second-order valence-electron chi connectivity index (χ2n) is 4.19. The van der Waals surface area contributed by atoms with Gasteiger partial charge in [-0.05, 0) is 35.7 Å². The van der Waals surface area contributed by atoms with Crippen molar-refractivity contribution in [3.8, 4) is 0 Å². The molecule has 2 rings (SSSR count). The third kappa shape index (κ3) is 3.24. The van der Waals surface area contributed by atoms with E-state index in [0.717, 1.165) is 0 Å². The van der Waals surface area contributed by atoms with Crippen molar-refractivity contribution in [1.82, 2.24) is 0 Å². The van der Waals surface area contributed by atoms with Crippen LogP contribution in [0.2, 0.25) is 10.0 Å². The zero-order valence-corrected chi connectivity index (χ0v) is 11.3. The maximum absolute atomic E-state index is 13.3. The summed E-state index contributed by atoms with van der Waals surface area (Å²) in [6.45, 7) is 0. The van der Waals surface area contributed by atoms with Crippen LogP contribution in [0.15, 0.2) is 36.4 Å². The Bertz CT molecular complexity index is 602. The van der Waals surface area contributed by atoms with E-state index in [0.29, 0.717) is 22.6 Å². The lowest BCUT2D eigenvalue weighted by Crippen LogP contribution is -2.14. The van der Waals surface area contributed by atoms with Gasteiger partial charge in [0.1, 0.15) is 11.6 Å². The van der Waals surface area contributed by atoms with Crippen molar-refractivity contribution in [3.05, 3.63) is 69.2 Å². The Hall–Kier alpha value is -1.16. The topological polar surface area (TPSA) is 26.0 Å². The second-order valence-corrected chi connectivity index (χ2v) is 4.97. The molecule has 0 aromatic heterocycles. The van der Waals surface area contributed by atoms with Crippen LogP contribution in [-0.2, 0) is 6.42 Å². The average Bonchev–Trinajstić information content (AvgIpc) is 2.36. The van der Waals surface area contributed by atoms with Crippen molar-refractivity contribution in [2.45, 2.75) is 12.5 Å². The normalized spacial score (nSPS) is 12.5. The van der Waals surface area contributed by atoms with Gasteiger partial charge in [0.2, 0.25) is 0 Å². The predicted molar refractivity (Wildman–Crippen MR) is 73.5 cm³/mol. The van der Waals surface area contributed by atoms with E-state index in [1.54, 1.807) is 18.2 Å². The predicted octanol–water partition coefficient (Wildman–Crippen LogP) is 4.51. The van der Waals surface area contributed by atoms with E-state index in [1.807, 2.05) is 0 Å². The highest BCUT2D eigenvalue weighted by Crippen LogP contribution is 2.28. The van der Waals surface area contributed by atoms with Gasteiger partial charge < -0.3 is 5.73 Å². The minimum atomic E-state index is -0.514. The zero-order valence-electron chi connectivity index (χ0n) is 9.84. The highest BCUT2D eigenvalue weighted by Gasteiger charge is 2.15. The standard InChI is InChI=1S/C14H11Cl2F2N/c15-11-7-9(17)5-4-8(11)6-13(19)10-2-1-3-12(18)14(10)16/h1-5,7,13H,6,19H2. The van der Waals surface area contributed by atoms with Crippen molar-refractivity contribution in [2.75, 3.05) is 0 Å². The first-order chi connectivity index (χ1) is 8.99. The molecule has 1 unspecified atom stereocenters. The maximum Gasteiger partial charge on any atom is 0.142 e. The Morgan fingerprint density at radius 2 is 1.84 bits per heavy atom. The van der Waals surface area contributed by atoms with Gasteiger partial charge >= 0.3 is 0 Å². The van der Waals surface area contributed by atoms with Gasteiger partial charge in [0, 0.05) is 11.1 Å². The Morgan fingerprint density at radius 1 is 1.11 bits per heavy atom. The van der Waals surface area contributed by atoms with Crippen LogP contribution in [-0.4, -0.2) is 0 Å². The molecule has 0 amide bonds. The number of benzene rings is 2. The molecule has 0 aliphatic carbocycles. The first-order valence-electron chi connectivity index (χ1n) is 5.62. The molecule has 0 aliphatic rings. The van der Waals surface area contributed by atoms with Crippen molar-refractivity contribution in [2.24, 2.45) is 5.73 Å². The Kier molecular flexibility index (Phi) is 4.40. The van der Waals surface area contributed by atoms with Crippen LogP contribution in [0.4, 0.5) is 8.78 Å². The second kappa shape index (κ2) is 5.87. The van der Waals surface area contributed by atoms with Crippen LogP contribution in [0.5, 0.6) is 0 Å². The van der Waals surface area contributed by atoms with Gasteiger partial charge in [0.15, 0.2) is 0 Å². The first kappa shape index (κ1) is 14.3. The van der Waals surface area contributed by atoms with Crippen LogP contribution in [0.25, 0.3) is 0 Å². The lowest BCUT2D eigenvalue weighted by Gasteiger charge is -2.15. The number of hydrogen-bond acceptors (Lipinski definition) is 1. The van der Waals surface area contributed by atoms with Crippen LogP contribution in [0.1, 0.15) is 17.2 Å². The lowest BCUT2D eigenvalue weighted by molar-refractivity contribution is 0.618. The van der Waals surface area contributed by atoms with Gasteiger partial charge in [0.05, 0.1) is 5.02 Å². The van der Waals surface area contributed by atoms with Crippen molar-refractivity contribution in [1.29, 1.82) is 0 Å². The summed E-state index contributed by atoms with van der Waals surface area (Å²) in [5, 5.41) is 0.302. The molecule has 2 aromatic rings. The van der Waals surface area contributed by atoms with Crippen molar-refractivity contribution >= 4 is 23.2 Å². The number of halogens is 4. The largest absolute Gasteiger partial charge is 0.324 e. The average molecular weight is 302 g/mol. The Labute approximate surface area is 119 Å². The molecule has 19 heavy (non-hydrogen) atoms. The van der Waals surface area contributed by atoms with E-state index >= 15 is 0 Å². The molecule has 5 heteroatoms. The summed E-state index contributed by atoms with van der Waals surface area (Å²) in [5.41, 5.74) is 7.19. The Balaban J connectivity index is 2.25. The van der Waals surface area contributed by atoms with Crippen molar-refractivity contribution in [3.63, 3.8) is 0 Å². The van der Waals surface area contributed by atoms with Gasteiger partial charge in [-0.1, -0.05) is 41.4 Å². The minimum absolute atomic E-state index is 0.00762. The van der Waals surface area contributed by atoms with Gasteiger partial charge in [0.25, 0.3) is 0 Å². The first-order valence-corrected chi connectivity index (χ1v) is 6.38. The molecule has 0 saturated heterocycles. The highest BCUT2D eigenvalue weighted by molar-refractivity contribution is 6.32. The molecule has 0 fully saturated rings. The van der Waals surface area contributed by atoms with Crippen LogP contribution < -0.4 is 5.73 Å². The van der Waals surface area contributed by atoms with Gasteiger partial charge in [-0.3, -0.25) is 0 Å². The summed E-state index contributed by atoms with van der Waals surface area (Å²) in [4.78, 5) is 0. The molecular weight excluding hydrogens is 291 g/mol. The fourth-order valence-electron chi connectivity index (χ4n) is 1.84. The molecular formula is C14H11Cl2F2N. The lowest BCUT2D eigenvalue weighted by atomic mass is 9.99. The number of hydrogen-bond donors (Lipinski definition) is 1. The van der Waals surface area contributed by atoms with E-state index < -0.39 is 17.7 Å². The van der Waals surface area contributed by atoms with Gasteiger partial charge in [-0.15, -0.1) is 0 Å². The SMILES string of the molecule is NC(Cc1ccc(F)cc1Cl)c1cccc(F)c1Cl. The van der Waals surface area contributed by atoms with Crippen LogP contribution in [0, 0.1) is 11.6 Å². The molecule has 2 N–H and O–H groups in total. The third-order valence-electron chi connectivity index (χ3n) is 2.84. The molecule has 0 aliphatic heterocycles. The molecule has 0 radical (unpaired) electrons. The molecule has 100 valence electrons. The molecule has 1 nitrogen and oxygen atoms in total. The summed E-state index contributed by atoms with van der Waals surface area (Å²) >= 11 is 11.8. The van der Waals surface area contributed by atoms with E-state index in [2.05, 4.69) is 0 Å². The van der Waals surface area contributed by atoms with E-state index in [1.165, 1.54) is 18.2 Å². The Morgan fingerprint density at radius 3 is 2.53 bits per heavy atom. The van der Waals surface area contributed by atoms with Crippen LogP contribution in [0.3, 0.4) is 0 Å². The molecule has 0 heterocycles. The van der Waals surface area contributed by atoms with E-state index in [-0.39, 0.29) is 5.02 Å².